The molecule has 9 nitrogen and oxygen atoms in total. The van der Waals surface area contributed by atoms with Crippen LogP contribution < -0.4 is 5.32 Å². The Kier molecular flexibility index (Phi) is 5.90. The summed E-state index contributed by atoms with van der Waals surface area (Å²) in [7, 11) is -4.24. The number of hydrogen-bond donors (Lipinski definition) is 1. The van der Waals surface area contributed by atoms with E-state index in [1.807, 2.05) is 0 Å². The average molecular weight is 398 g/mol. The van der Waals surface area contributed by atoms with E-state index < -0.39 is 33.3 Å². The predicted molar refractivity (Wildman–Crippen MR) is 93.0 cm³/mol. The number of carbonyl (C=O) groups excluding carboxylic acids is 2. The zero-order valence-corrected chi connectivity index (χ0v) is 14.6. The van der Waals surface area contributed by atoms with E-state index in [1.165, 1.54) is 48.5 Å². The third kappa shape index (κ3) is 4.55. The molecule has 2 aromatic carbocycles. The van der Waals surface area contributed by atoms with Gasteiger partial charge in [-0.15, -0.1) is 3.82 Å². The molecule has 2 rings (SSSR count). The fraction of sp³-hybridized carbons (Fsp3) is 0.0667. The van der Waals surface area contributed by atoms with Crippen molar-refractivity contribution < 1.29 is 22.9 Å². The lowest BCUT2D eigenvalue weighted by Crippen LogP contribution is -2.32. The van der Waals surface area contributed by atoms with Crippen molar-refractivity contribution in [1.82, 2.24) is 3.82 Å². The number of hydrogen-bond acceptors (Lipinski definition) is 6. The highest BCUT2D eigenvalue weighted by Gasteiger charge is 2.28. The van der Waals surface area contributed by atoms with Gasteiger partial charge in [0.1, 0.15) is 0 Å². The van der Waals surface area contributed by atoms with E-state index in [1.54, 1.807) is 6.07 Å². The van der Waals surface area contributed by atoms with E-state index >= 15 is 0 Å². The average Bonchev–Trinajstić information content (AvgIpc) is 2.61. The SMILES string of the molecule is O=C(C[N+](=O)[O-])c1ccc(NC(=O)N(Cl)S(=O)(=O)c2ccccc2)cc1. The molecule has 2 aromatic rings. The normalized spacial score (nSPS) is 10.8. The van der Waals surface area contributed by atoms with Crippen LogP contribution in [0.2, 0.25) is 0 Å². The number of nitro groups is 1. The van der Waals surface area contributed by atoms with E-state index in [0.717, 1.165) is 0 Å². The molecule has 0 aliphatic heterocycles. The van der Waals surface area contributed by atoms with Crippen LogP contribution in [-0.4, -0.2) is 35.5 Å². The lowest BCUT2D eigenvalue weighted by atomic mass is 10.1. The van der Waals surface area contributed by atoms with Crippen molar-refractivity contribution in [3.05, 3.63) is 70.3 Å². The Morgan fingerprint density at radius 1 is 1.08 bits per heavy atom. The molecule has 0 heterocycles. The Bertz CT molecular complexity index is 932. The lowest BCUT2D eigenvalue weighted by molar-refractivity contribution is -0.465. The van der Waals surface area contributed by atoms with Gasteiger partial charge in [0, 0.05) is 28.0 Å². The Morgan fingerprint density at radius 2 is 1.65 bits per heavy atom. The number of nitrogens with one attached hydrogen (secondary N) is 1. The molecule has 0 aromatic heterocycles. The number of amides is 2. The fourth-order valence-electron chi connectivity index (χ4n) is 1.91. The summed E-state index contributed by atoms with van der Waals surface area (Å²) in [6.45, 7) is -0.851. The molecule has 0 unspecified atom stereocenters. The van der Waals surface area contributed by atoms with Crippen LogP contribution in [0.3, 0.4) is 0 Å². The van der Waals surface area contributed by atoms with Gasteiger partial charge in [-0.1, -0.05) is 18.2 Å². The topological polar surface area (TPSA) is 127 Å². The molecule has 0 aliphatic carbocycles. The summed E-state index contributed by atoms with van der Waals surface area (Å²) in [5.74, 6) is -0.696. The van der Waals surface area contributed by atoms with E-state index in [9.17, 15) is 28.1 Å². The second kappa shape index (κ2) is 7.93. The van der Waals surface area contributed by atoms with E-state index in [-0.39, 0.29) is 20.0 Å². The standard InChI is InChI=1S/C15H12ClN3O6S/c16-19(26(24,25)13-4-2-1-3-5-13)15(21)17-12-8-6-11(7-9-12)14(20)10-18(22)23/h1-9H,10H2,(H,17,21). The Morgan fingerprint density at radius 3 is 2.19 bits per heavy atom. The number of halogens is 1. The van der Waals surface area contributed by atoms with Gasteiger partial charge in [-0.25, -0.2) is 4.79 Å². The number of rotatable bonds is 6. The summed E-state index contributed by atoms with van der Waals surface area (Å²) in [6.07, 6.45) is 0. The van der Waals surface area contributed by atoms with Crippen molar-refractivity contribution >= 4 is 39.3 Å². The molecule has 1 N–H and O–H groups in total. The highest BCUT2D eigenvalue weighted by Crippen LogP contribution is 2.19. The zero-order chi connectivity index (χ0) is 19.3. The van der Waals surface area contributed by atoms with Gasteiger partial charge >= 0.3 is 6.03 Å². The van der Waals surface area contributed by atoms with Crippen molar-refractivity contribution in [1.29, 1.82) is 0 Å². The number of ketones is 1. The Hall–Kier alpha value is -2.98. The summed E-state index contributed by atoms with van der Waals surface area (Å²) in [5.41, 5.74) is 0.237. The summed E-state index contributed by atoms with van der Waals surface area (Å²) >= 11 is 5.65. The molecule has 2 amide bonds. The number of urea groups is 1. The van der Waals surface area contributed by atoms with Crippen LogP contribution >= 0.6 is 11.8 Å². The molecular formula is C15H12ClN3O6S. The maximum Gasteiger partial charge on any atom is 0.351 e. The number of carbonyl (C=O) groups is 2. The number of Topliss-reactive ketones (excluding diaryl/α,β-unsaturated/α-hetero) is 1. The Balaban J connectivity index is 2.10. The predicted octanol–water partition coefficient (Wildman–Crippen LogP) is 2.52. The minimum atomic E-state index is -4.24. The summed E-state index contributed by atoms with van der Waals surface area (Å²) in [5, 5.41) is 12.6. The highest BCUT2D eigenvalue weighted by atomic mass is 35.5. The van der Waals surface area contributed by atoms with E-state index in [4.69, 9.17) is 11.8 Å². The molecule has 0 fully saturated rings. The smallest absolute Gasteiger partial charge is 0.306 e. The first kappa shape index (κ1) is 19.3. The molecule has 0 atom stereocenters. The van der Waals surface area contributed by atoms with Crippen LogP contribution in [0.25, 0.3) is 0 Å². The summed E-state index contributed by atoms with van der Waals surface area (Å²) in [4.78, 5) is 33.0. The second-order valence-corrected chi connectivity index (χ2v) is 7.28. The highest BCUT2D eigenvalue weighted by molar-refractivity contribution is 7.90. The number of benzene rings is 2. The molecule has 0 aliphatic rings. The van der Waals surface area contributed by atoms with E-state index in [0.29, 0.717) is 0 Å². The van der Waals surface area contributed by atoms with Crippen molar-refractivity contribution in [3.8, 4) is 0 Å². The van der Waals surface area contributed by atoms with Crippen LogP contribution in [0.15, 0.2) is 59.5 Å². The molecule has 11 heteroatoms. The van der Waals surface area contributed by atoms with Gasteiger partial charge in [0.05, 0.1) is 4.90 Å². The van der Waals surface area contributed by atoms with E-state index in [2.05, 4.69) is 5.32 Å². The quantitative estimate of drug-likeness (QED) is 0.345. The lowest BCUT2D eigenvalue weighted by Gasteiger charge is -2.15. The first-order valence-electron chi connectivity index (χ1n) is 7.04. The van der Waals surface area contributed by atoms with Crippen molar-refractivity contribution in [2.45, 2.75) is 4.90 Å². The third-order valence-electron chi connectivity index (χ3n) is 3.14. The summed E-state index contributed by atoms with van der Waals surface area (Å²) in [6, 6.07) is 11.2. The van der Waals surface area contributed by atoms with Gasteiger partial charge in [0.25, 0.3) is 16.6 Å². The second-order valence-electron chi connectivity index (χ2n) is 4.95. The maximum atomic E-state index is 12.2. The molecule has 0 spiro atoms. The Labute approximate surface area is 153 Å². The largest absolute Gasteiger partial charge is 0.351 e. The van der Waals surface area contributed by atoms with Crippen LogP contribution in [0.4, 0.5) is 10.5 Å². The van der Waals surface area contributed by atoms with Crippen LogP contribution in [0.5, 0.6) is 0 Å². The van der Waals surface area contributed by atoms with Crippen LogP contribution in [0, 0.1) is 10.1 Å². The maximum absolute atomic E-state index is 12.2. The fourth-order valence-corrected chi connectivity index (χ4v) is 3.14. The molecule has 0 bridgehead atoms. The number of nitrogens with zero attached hydrogens (tertiary/aromatic N) is 2. The minimum absolute atomic E-state index is 0.0358. The number of anilines is 1. The van der Waals surface area contributed by atoms with Gasteiger partial charge < -0.3 is 5.32 Å². The molecule has 136 valence electrons. The van der Waals surface area contributed by atoms with Gasteiger partial charge in [-0.3, -0.25) is 14.9 Å². The third-order valence-corrected chi connectivity index (χ3v) is 5.30. The van der Waals surface area contributed by atoms with Gasteiger partial charge in [-0.05, 0) is 36.4 Å². The zero-order valence-electron chi connectivity index (χ0n) is 13.0. The monoisotopic (exact) mass is 397 g/mol. The molecule has 0 saturated carbocycles. The summed E-state index contributed by atoms with van der Waals surface area (Å²) < 4.78 is 24.5. The van der Waals surface area contributed by atoms with Crippen LogP contribution in [0.1, 0.15) is 10.4 Å². The number of sulfonamides is 1. The molecule has 0 saturated heterocycles. The minimum Gasteiger partial charge on any atom is -0.306 e. The van der Waals surface area contributed by atoms with Crippen molar-refractivity contribution in [2.75, 3.05) is 11.9 Å². The molecular weight excluding hydrogens is 386 g/mol. The van der Waals surface area contributed by atoms with Crippen molar-refractivity contribution in [3.63, 3.8) is 0 Å². The van der Waals surface area contributed by atoms with Gasteiger partial charge in [-0.2, -0.15) is 8.42 Å². The molecule has 0 radical (unpaired) electrons. The first-order valence-corrected chi connectivity index (χ1v) is 8.82. The van der Waals surface area contributed by atoms with Gasteiger partial charge in [0.2, 0.25) is 5.78 Å². The first-order chi connectivity index (χ1) is 12.2. The molecule has 26 heavy (non-hydrogen) atoms. The van der Waals surface area contributed by atoms with Crippen molar-refractivity contribution in [2.24, 2.45) is 0 Å². The van der Waals surface area contributed by atoms with Gasteiger partial charge in [0.15, 0.2) is 0 Å². The van der Waals surface area contributed by atoms with Crippen LogP contribution in [-0.2, 0) is 10.0 Å².